The zero-order valence-corrected chi connectivity index (χ0v) is 13.4. The second-order valence-electron chi connectivity index (χ2n) is 5.87. The monoisotopic (exact) mass is 276 g/mol. The van der Waals surface area contributed by atoms with E-state index < -0.39 is 0 Å². The molecule has 2 N–H and O–H groups in total. The topological polar surface area (TPSA) is 38.9 Å². The van der Waals surface area contributed by atoms with E-state index in [2.05, 4.69) is 24.9 Å². The zero-order valence-electron chi connectivity index (χ0n) is 13.4. The van der Waals surface area contributed by atoms with Gasteiger partial charge in [-0.05, 0) is 30.4 Å². The number of pyridine rings is 1. The van der Waals surface area contributed by atoms with Gasteiger partial charge < -0.3 is 5.73 Å². The molecule has 0 bridgehead atoms. The fourth-order valence-electron chi connectivity index (χ4n) is 2.87. The second kappa shape index (κ2) is 10.7. The molecule has 0 saturated carbocycles. The van der Waals surface area contributed by atoms with Crippen LogP contribution in [0.25, 0.3) is 0 Å². The van der Waals surface area contributed by atoms with Gasteiger partial charge in [0, 0.05) is 6.20 Å². The molecule has 1 aromatic rings. The average Bonchev–Trinajstić information content (AvgIpc) is 2.46. The van der Waals surface area contributed by atoms with E-state index in [4.69, 9.17) is 5.73 Å². The molecular weight excluding hydrogens is 244 g/mol. The van der Waals surface area contributed by atoms with Crippen LogP contribution in [0.5, 0.6) is 0 Å². The van der Waals surface area contributed by atoms with Crippen molar-refractivity contribution in [2.45, 2.75) is 84.0 Å². The lowest BCUT2D eigenvalue weighted by Crippen LogP contribution is -2.05. The lowest BCUT2D eigenvalue weighted by molar-refractivity contribution is 0.496. The van der Waals surface area contributed by atoms with E-state index in [1.165, 1.54) is 69.8 Å². The summed E-state index contributed by atoms with van der Waals surface area (Å²) in [6.07, 6.45) is 15.0. The van der Waals surface area contributed by atoms with Crippen LogP contribution in [-0.4, -0.2) is 4.98 Å². The molecule has 1 rings (SSSR count). The molecule has 0 radical (unpaired) electrons. The van der Waals surface area contributed by atoms with Crippen LogP contribution >= 0.6 is 0 Å². The SMILES string of the molecule is CCCCCCC(CCCCCC)c1cccnc1N. The maximum Gasteiger partial charge on any atom is 0.126 e. The van der Waals surface area contributed by atoms with Gasteiger partial charge in [0.15, 0.2) is 0 Å². The smallest absolute Gasteiger partial charge is 0.126 e. The highest BCUT2D eigenvalue weighted by Crippen LogP contribution is 2.31. The maximum atomic E-state index is 6.07. The molecule has 1 aromatic heterocycles. The largest absolute Gasteiger partial charge is 0.383 e. The van der Waals surface area contributed by atoms with E-state index >= 15 is 0 Å². The van der Waals surface area contributed by atoms with Crippen LogP contribution < -0.4 is 5.73 Å². The van der Waals surface area contributed by atoms with Gasteiger partial charge >= 0.3 is 0 Å². The molecule has 114 valence electrons. The lowest BCUT2D eigenvalue weighted by atomic mass is 9.88. The van der Waals surface area contributed by atoms with Gasteiger partial charge in [-0.2, -0.15) is 0 Å². The highest BCUT2D eigenvalue weighted by Gasteiger charge is 2.14. The number of hydrogen-bond donors (Lipinski definition) is 1. The van der Waals surface area contributed by atoms with Gasteiger partial charge in [-0.15, -0.1) is 0 Å². The van der Waals surface area contributed by atoms with Crippen molar-refractivity contribution in [1.29, 1.82) is 0 Å². The molecule has 0 amide bonds. The van der Waals surface area contributed by atoms with Crippen molar-refractivity contribution >= 4 is 5.82 Å². The molecule has 2 nitrogen and oxygen atoms in total. The van der Waals surface area contributed by atoms with Crippen molar-refractivity contribution in [3.63, 3.8) is 0 Å². The molecule has 20 heavy (non-hydrogen) atoms. The molecule has 0 aromatic carbocycles. The number of aromatic nitrogens is 1. The Hall–Kier alpha value is -1.05. The minimum atomic E-state index is 0.609. The minimum absolute atomic E-state index is 0.609. The van der Waals surface area contributed by atoms with Crippen LogP contribution in [0, 0.1) is 0 Å². The van der Waals surface area contributed by atoms with Crippen LogP contribution in [0.3, 0.4) is 0 Å². The molecule has 0 atom stereocenters. The van der Waals surface area contributed by atoms with Gasteiger partial charge in [0.25, 0.3) is 0 Å². The Balaban J connectivity index is 2.52. The summed E-state index contributed by atoms with van der Waals surface area (Å²) in [5.74, 6) is 1.35. The molecule has 0 aliphatic rings. The van der Waals surface area contributed by atoms with E-state index in [9.17, 15) is 0 Å². The van der Waals surface area contributed by atoms with Crippen LogP contribution in [0.1, 0.15) is 89.5 Å². The zero-order chi connectivity index (χ0) is 14.6. The fraction of sp³-hybridized carbons (Fsp3) is 0.722. The minimum Gasteiger partial charge on any atom is -0.383 e. The predicted octanol–water partition coefficient (Wildman–Crippen LogP) is 5.69. The van der Waals surface area contributed by atoms with Crippen molar-refractivity contribution in [3.05, 3.63) is 23.9 Å². The third kappa shape index (κ3) is 6.40. The molecule has 0 unspecified atom stereocenters. The number of rotatable bonds is 11. The summed E-state index contributed by atoms with van der Waals surface area (Å²) in [7, 11) is 0. The van der Waals surface area contributed by atoms with Crippen LogP contribution in [0.2, 0.25) is 0 Å². The summed E-state index contributed by atoms with van der Waals surface area (Å²) < 4.78 is 0. The van der Waals surface area contributed by atoms with E-state index in [0.29, 0.717) is 5.92 Å². The second-order valence-corrected chi connectivity index (χ2v) is 5.87. The molecule has 0 fully saturated rings. The summed E-state index contributed by atoms with van der Waals surface area (Å²) in [6.45, 7) is 4.53. The molecule has 0 aliphatic heterocycles. The van der Waals surface area contributed by atoms with Crippen molar-refractivity contribution < 1.29 is 0 Å². The maximum absolute atomic E-state index is 6.07. The Labute approximate surface area is 125 Å². The first-order valence-electron chi connectivity index (χ1n) is 8.50. The first-order chi connectivity index (χ1) is 9.79. The van der Waals surface area contributed by atoms with Crippen molar-refractivity contribution in [2.24, 2.45) is 0 Å². The highest BCUT2D eigenvalue weighted by atomic mass is 14.8. The molecule has 2 heteroatoms. The third-order valence-electron chi connectivity index (χ3n) is 4.12. The van der Waals surface area contributed by atoms with Crippen LogP contribution in [0.15, 0.2) is 18.3 Å². The summed E-state index contributed by atoms with van der Waals surface area (Å²) >= 11 is 0. The summed E-state index contributed by atoms with van der Waals surface area (Å²) in [5, 5.41) is 0. The van der Waals surface area contributed by atoms with E-state index in [-0.39, 0.29) is 0 Å². The Morgan fingerprint density at radius 3 is 2.05 bits per heavy atom. The Morgan fingerprint density at radius 2 is 1.55 bits per heavy atom. The van der Waals surface area contributed by atoms with Gasteiger partial charge in [0.2, 0.25) is 0 Å². The van der Waals surface area contributed by atoms with E-state index in [1.807, 2.05) is 6.07 Å². The lowest BCUT2D eigenvalue weighted by Gasteiger charge is -2.18. The normalized spacial score (nSPS) is 11.2. The fourth-order valence-corrected chi connectivity index (χ4v) is 2.87. The average molecular weight is 276 g/mol. The number of nitrogens with two attached hydrogens (primary N) is 1. The first-order valence-corrected chi connectivity index (χ1v) is 8.50. The Kier molecular flexibility index (Phi) is 9.10. The predicted molar refractivity (Wildman–Crippen MR) is 88.9 cm³/mol. The summed E-state index contributed by atoms with van der Waals surface area (Å²) in [6, 6.07) is 4.20. The number of unbranched alkanes of at least 4 members (excludes halogenated alkanes) is 6. The van der Waals surface area contributed by atoms with Crippen LogP contribution in [-0.2, 0) is 0 Å². The number of nitrogens with zero attached hydrogens (tertiary/aromatic N) is 1. The molecule has 0 saturated heterocycles. The van der Waals surface area contributed by atoms with E-state index in [1.54, 1.807) is 6.20 Å². The molecule has 0 spiro atoms. The third-order valence-corrected chi connectivity index (χ3v) is 4.12. The standard InChI is InChI=1S/C18H32N2/c1-3-5-7-9-12-16(13-10-8-6-4-2)17-14-11-15-20-18(17)19/h11,14-16H,3-10,12-13H2,1-2H3,(H2,19,20). The van der Waals surface area contributed by atoms with E-state index in [0.717, 1.165) is 5.82 Å². The quantitative estimate of drug-likeness (QED) is 0.527. The van der Waals surface area contributed by atoms with Crippen molar-refractivity contribution in [3.8, 4) is 0 Å². The summed E-state index contributed by atoms with van der Waals surface area (Å²) in [5.41, 5.74) is 7.35. The Morgan fingerprint density at radius 1 is 0.950 bits per heavy atom. The van der Waals surface area contributed by atoms with Crippen molar-refractivity contribution in [2.75, 3.05) is 5.73 Å². The van der Waals surface area contributed by atoms with Gasteiger partial charge in [-0.3, -0.25) is 0 Å². The Bertz CT molecular complexity index is 337. The number of anilines is 1. The summed E-state index contributed by atoms with van der Waals surface area (Å²) in [4.78, 5) is 4.27. The number of hydrogen-bond acceptors (Lipinski definition) is 2. The molecular formula is C18H32N2. The number of nitrogen functional groups attached to an aromatic ring is 1. The van der Waals surface area contributed by atoms with Gasteiger partial charge in [0.1, 0.15) is 5.82 Å². The van der Waals surface area contributed by atoms with Crippen molar-refractivity contribution in [1.82, 2.24) is 4.98 Å². The van der Waals surface area contributed by atoms with Crippen LogP contribution in [0.4, 0.5) is 5.82 Å². The highest BCUT2D eigenvalue weighted by molar-refractivity contribution is 5.41. The molecule has 0 aliphatic carbocycles. The van der Waals surface area contributed by atoms with Gasteiger partial charge in [-0.25, -0.2) is 4.98 Å². The molecule has 1 heterocycles. The van der Waals surface area contributed by atoms with Gasteiger partial charge in [-0.1, -0.05) is 71.3 Å². The first kappa shape index (κ1) is 17.0. The van der Waals surface area contributed by atoms with Gasteiger partial charge in [0.05, 0.1) is 0 Å².